The van der Waals surface area contributed by atoms with Crippen LogP contribution in [0, 0.1) is 6.92 Å². The summed E-state index contributed by atoms with van der Waals surface area (Å²) in [6, 6.07) is 18.0. The zero-order chi connectivity index (χ0) is 16.9. The fourth-order valence-electron chi connectivity index (χ4n) is 2.40. The maximum atomic E-state index is 11.0. The molecule has 0 bridgehead atoms. The minimum atomic E-state index is -0.209. The number of amides is 1. The molecule has 5 heteroatoms. The number of hydrogen-bond acceptors (Lipinski definition) is 3. The number of hydrazone groups is 1. The second-order valence-electron chi connectivity index (χ2n) is 5.51. The van der Waals surface area contributed by atoms with Crippen LogP contribution < -0.4 is 5.43 Å². The topological polar surface area (TPSA) is 59.3 Å². The Balaban J connectivity index is 2.06. The van der Waals surface area contributed by atoms with E-state index in [1.165, 1.54) is 6.92 Å². The summed E-state index contributed by atoms with van der Waals surface area (Å²) in [5.41, 5.74) is 7.21. The van der Waals surface area contributed by atoms with Crippen LogP contribution in [0.1, 0.15) is 18.1 Å². The lowest BCUT2D eigenvalue weighted by atomic mass is 10.1. The van der Waals surface area contributed by atoms with Crippen molar-refractivity contribution in [2.75, 3.05) is 0 Å². The van der Waals surface area contributed by atoms with E-state index >= 15 is 0 Å². The molecule has 120 valence electrons. The fraction of sp³-hybridized carbons (Fsp3) is 0.105. The molecule has 1 aromatic heterocycles. The van der Waals surface area contributed by atoms with E-state index in [2.05, 4.69) is 16.6 Å². The largest absolute Gasteiger partial charge is 0.274 e. The number of aromatic nitrogens is 2. The third-order valence-electron chi connectivity index (χ3n) is 3.48. The van der Waals surface area contributed by atoms with E-state index in [1.54, 1.807) is 6.21 Å². The number of aryl methyl sites for hydroxylation is 1. The monoisotopic (exact) mass is 318 g/mol. The van der Waals surface area contributed by atoms with Crippen LogP contribution in [0.4, 0.5) is 0 Å². The van der Waals surface area contributed by atoms with Gasteiger partial charge in [0.05, 0.1) is 11.9 Å². The van der Waals surface area contributed by atoms with Crippen molar-refractivity contribution in [2.24, 2.45) is 5.10 Å². The first-order valence-electron chi connectivity index (χ1n) is 7.65. The molecule has 0 unspecified atom stereocenters. The minimum Gasteiger partial charge on any atom is -0.274 e. The Morgan fingerprint density at radius 1 is 1.17 bits per heavy atom. The van der Waals surface area contributed by atoms with E-state index in [0.29, 0.717) is 0 Å². The molecule has 24 heavy (non-hydrogen) atoms. The predicted octanol–water partition coefficient (Wildman–Crippen LogP) is 3.32. The van der Waals surface area contributed by atoms with Crippen molar-refractivity contribution in [3.63, 3.8) is 0 Å². The summed E-state index contributed by atoms with van der Waals surface area (Å²) in [7, 11) is 0. The molecule has 1 N–H and O–H groups in total. The highest BCUT2D eigenvalue weighted by Gasteiger charge is 2.11. The normalized spacial score (nSPS) is 10.9. The molecule has 1 heterocycles. The van der Waals surface area contributed by atoms with E-state index in [-0.39, 0.29) is 5.91 Å². The molecule has 0 aliphatic carbocycles. The van der Waals surface area contributed by atoms with Crippen molar-refractivity contribution >= 4 is 12.1 Å². The zero-order valence-corrected chi connectivity index (χ0v) is 13.6. The summed E-state index contributed by atoms with van der Waals surface area (Å²) >= 11 is 0. The van der Waals surface area contributed by atoms with Gasteiger partial charge in [-0.2, -0.15) is 10.2 Å². The van der Waals surface area contributed by atoms with E-state index in [9.17, 15) is 4.79 Å². The molecule has 0 atom stereocenters. The van der Waals surface area contributed by atoms with Crippen molar-refractivity contribution in [1.29, 1.82) is 0 Å². The summed E-state index contributed by atoms with van der Waals surface area (Å²) in [5.74, 6) is -0.209. The Bertz CT molecular complexity index is 881. The molecule has 0 fully saturated rings. The number of nitrogens with zero attached hydrogens (tertiary/aromatic N) is 3. The van der Waals surface area contributed by atoms with Crippen molar-refractivity contribution < 1.29 is 4.79 Å². The third kappa shape index (κ3) is 3.57. The average molecular weight is 318 g/mol. The lowest BCUT2D eigenvalue weighted by molar-refractivity contribution is -0.118. The van der Waals surface area contributed by atoms with Gasteiger partial charge >= 0.3 is 0 Å². The first-order chi connectivity index (χ1) is 11.6. The van der Waals surface area contributed by atoms with Crippen molar-refractivity contribution in [2.45, 2.75) is 13.8 Å². The molecular formula is C19H18N4O. The predicted molar refractivity (Wildman–Crippen MR) is 95.1 cm³/mol. The van der Waals surface area contributed by atoms with Gasteiger partial charge in [0.1, 0.15) is 5.69 Å². The van der Waals surface area contributed by atoms with Crippen molar-refractivity contribution in [1.82, 2.24) is 15.2 Å². The molecule has 1 amide bonds. The molecule has 0 saturated carbocycles. The van der Waals surface area contributed by atoms with Gasteiger partial charge in [-0.1, -0.05) is 42.0 Å². The Morgan fingerprint density at radius 3 is 2.67 bits per heavy atom. The maximum Gasteiger partial charge on any atom is 0.236 e. The lowest BCUT2D eigenvalue weighted by Gasteiger charge is -2.01. The summed E-state index contributed by atoms with van der Waals surface area (Å²) in [5, 5.41) is 8.68. The second kappa shape index (κ2) is 6.91. The minimum absolute atomic E-state index is 0.209. The number of carbonyl (C=O) groups is 1. The molecule has 0 aliphatic heterocycles. The molecule has 0 aliphatic rings. The van der Waals surface area contributed by atoms with Gasteiger partial charge in [-0.25, -0.2) is 10.1 Å². The van der Waals surface area contributed by atoms with Crippen LogP contribution in [0.2, 0.25) is 0 Å². The van der Waals surface area contributed by atoms with Gasteiger partial charge in [-0.05, 0) is 25.1 Å². The molecule has 2 aromatic carbocycles. The van der Waals surface area contributed by atoms with Crippen LogP contribution in [0.3, 0.4) is 0 Å². The Kier molecular flexibility index (Phi) is 4.52. The number of para-hydroxylation sites is 1. The van der Waals surface area contributed by atoms with Crippen molar-refractivity contribution in [3.05, 3.63) is 71.9 Å². The summed E-state index contributed by atoms with van der Waals surface area (Å²) < 4.78 is 1.81. The van der Waals surface area contributed by atoms with Gasteiger partial charge in [0.15, 0.2) is 0 Å². The number of benzene rings is 2. The van der Waals surface area contributed by atoms with Crippen molar-refractivity contribution in [3.8, 4) is 16.9 Å². The van der Waals surface area contributed by atoms with Gasteiger partial charge in [0.25, 0.3) is 0 Å². The molecule has 3 rings (SSSR count). The first-order valence-corrected chi connectivity index (χ1v) is 7.65. The van der Waals surface area contributed by atoms with Crippen LogP contribution >= 0.6 is 0 Å². The van der Waals surface area contributed by atoms with Crippen LogP contribution in [-0.4, -0.2) is 21.9 Å². The summed E-state index contributed by atoms with van der Waals surface area (Å²) in [6.45, 7) is 3.47. The van der Waals surface area contributed by atoms with Gasteiger partial charge in [-0.15, -0.1) is 0 Å². The molecule has 0 saturated heterocycles. The number of hydrogen-bond donors (Lipinski definition) is 1. The van der Waals surface area contributed by atoms with E-state index in [0.717, 1.165) is 28.1 Å². The van der Waals surface area contributed by atoms with Crippen LogP contribution in [0.5, 0.6) is 0 Å². The molecule has 3 aromatic rings. The number of carbonyl (C=O) groups excluding carboxylic acids is 1. The maximum absolute atomic E-state index is 11.0. The SMILES string of the molecule is CC(=O)N/N=C\c1cn(-c2ccccc2)nc1-c1cccc(C)c1. The standard InChI is InChI=1S/C19H18N4O/c1-14-7-6-8-16(11-14)19-17(12-20-21-15(2)24)13-23(22-19)18-9-4-3-5-10-18/h3-13H,1-2H3,(H,21,24)/b20-12-. The third-order valence-corrected chi connectivity index (χ3v) is 3.48. The van der Waals surface area contributed by atoms with Crippen LogP contribution in [0.15, 0.2) is 65.9 Å². The quantitative estimate of drug-likeness (QED) is 0.592. The molecule has 5 nitrogen and oxygen atoms in total. The number of rotatable bonds is 4. The highest BCUT2D eigenvalue weighted by Crippen LogP contribution is 2.23. The van der Waals surface area contributed by atoms with Gasteiger partial charge < -0.3 is 0 Å². The summed E-state index contributed by atoms with van der Waals surface area (Å²) in [4.78, 5) is 11.0. The Morgan fingerprint density at radius 2 is 1.96 bits per heavy atom. The fourth-order valence-corrected chi connectivity index (χ4v) is 2.40. The molecular weight excluding hydrogens is 300 g/mol. The van der Waals surface area contributed by atoms with E-state index in [4.69, 9.17) is 5.10 Å². The zero-order valence-electron chi connectivity index (χ0n) is 13.6. The molecule has 0 spiro atoms. The lowest BCUT2D eigenvalue weighted by Crippen LogP contribution is -2.12. The smallest absolute Gasteiger partial charge is 0.236 e. The number of nitrogens with one attached hydrogen (secondary N) is 1. The second-order valence-corrected chi connectivity index (χ2v) is 5.51. The van der Waals surface area contributed by atoms with Crippen LogP contribution in [0.25, 0.3) is 16.9 Å². The first kappa shape index (κ1) is 15.7. The Labute approximate surface area is 140 Å². The highest BCUT2D eigenvalue weighted by molar-refractivity contribution is 5.89. The van der Waals surface area contributed by atoms with Crippen LogP contribution in [-0.2, 0) is 4.79 Å². The summed E-state index contributed by atoms with van der Waals surface area (Å²) in [6.07, 6.45) is 3.52. The van der Waals surface area contributed by atoms with E-state index < -0.39 is 0 Å². The highest BCUT2D eigenvalue weighted by atomic mass is 16.2. The average Bonchev–Trinajstić information content (AvgIpc) is 2.99. The Hall–Kier alpha value is -3.21. The molecule has 0 radical (unpaired) electrons. The van der Waals surface area contributed by atoms with E-state index in [1.807, 2.05) is 66.3 Å². The van der Waals surface area contributed by atoms with Gasteiger partial charge in [0, 0.05) is 24.2 Å². The van der Waals surface area contributed by atoms with Gasteiger partial charge in [-0.3, -0.25) is 4.79 Å². The van der Waals surface area contributed by atoms with Gasteiger partial charge in [0.2, 0.25) is 5.91 Å².